The molecule has 0 heterocycles. The van der Waals surface area contributed by atoms with E-state index in [-0.39, 0.29) is 42.0 Å². The average Bonchev–Trinajstić information content (AvgIpc) is 1.36. The number of Topliss-reactive ketones (excluding diaryl/α,β-unsaturated/α-hetero) is 1. The Bertz CT molecular complexity index is 80.5. The molecule has 1 N–H and O–H groups in total. The van der Waals surface area contributed by atoms with Gasteiger partial charge in [0.2, 0.25) is 5.78 Å². The summed E-state index contributed by atoms with van der Waals surface area (Å²) in [6.07, 6.45) is 0. The maximum absolute atomic E-state index is 9.54. The van der Waals surface area contributed by atoms with E-state index in [0.29, 0.717) is 0 Å². The van der Waals surface area contributed by atoms with E-state index in [4.69, 9.17) is 5.11 Å². The first-order valence-electron chi connectivity index (χ1n) is 1.38. The first-order valence-corrected chi connectivity index (χ1v) is 1.38. The van der Waals surface area contributed by atoms with Gasteiger partial charge in [-0.3, -0.25) is 4.79 Å². The van der Waals surface area contributed by atoms with Crippen LogP contribution in [0.4, 0.5) is 0 Å². The van der Waals surface area contributed by atoms with Crippen LogP contribution in [0.15, 0.2) is 0 Å². The summed E-state index contributed by atoms with van der Waals surface area (Å²) in [5.41, 5.74) is 0. The van der Waals surface area contributed by atoms with Crippen molar-refractivity contribution < 1.29 is 56.7 Å². The van der Waals surface area contributed by atoms with Crippen LogP contribution < -0.4 is 42.0 Å². The minimum atomic E-state index is -1.38. The van der Waals surface area contributed by atoms with Crippen molar-refractivity contribution >= 4 is 11.8 Å². The quantitative estimate of drug-likeness (QED) is 0.296. The minimum Gasteiger partial charge on any atom is -1.00 e. The van der Waals surface area contributed by atoms with Crippen LogP contribution >= 0.6 is 0 Å². The van der Waals surface area contributed by atoms with Crippen molar-refractivity contribution in [3.8, 4) is 0 Å². The SMILES string of the molecule is CC(=O)C(=O)O.[Cl-].[Na+]. The molecule has 5 heteroatoms. The molecular weight excluding hydrogens is 142 g/mol. The first kappa shape index (κ1) is 15.8. The number of carbonyl (C=O) groups excluding carboxylic acids is 1. The summed E-state index contributed by atoms with van der Waals surface area (Å²) in [5.74, 6) is -2.20. The molecule has 0 bridgehead atoms. The van der Waals surface area contributed by atoms with Crippen molar-refractivity contribution in [1.82, 2.24) is 0 Å². The van der Waals surface area contributed by atoms with Gasteiger partial charge in [-0.2, -0.15) is 0 Å². The van der Waals surface area contributed by atoms with E-state index in [1.54, 1.807) is 0 Å². The van der Waals surface area contributed by atoms with Gasteiger partial charge in [0, 0.05) is 6.92 Å². The Morgan fingerprint density at radius 1 is 1.38 bits per heavy atom. The second kappa shape index (κ2) is 7.43. The number of rotatable bonds is 1. The van der Waals surface area contributed by atoms with Crippen LogP contribution in [-0.2, 0) is 9.59 Å². The standard InChI is InChI=1S/C3H4O3.ClH.Na/c1-2(4)3(5)6;;/h1H3,(H,5,6);1H;/q;;+1/p-1. The maximum atomic E-state index is 9.54. The monoisotopic (exact) mass is 146 g/mol. The van der Waals surface area contributed by atoms with Crippen LogP contribution in [0.5, 0.6) is 0 Å². The number of ketones is 1. The smallest absolute Gasteiger partial charge is 1.00 e. The van der Waals surface area contributed by atoms with Gasteiger partial charge in [0.05, 0.1) is 0 Å². The molecule has 42 valence electrons. The third kappa shape index (κ3) is 9.66. The van der Waals surface area contributed by atoms with E-state index in [1.807, 2.05) is 0 Å². The third-order valence-corrected chi connectivity index (χ3v) is 0.301. The van der Waals surface area contributed by atoms with Crippen molar-refractivity contribution in [3.63, 3.8) is 0 Å². The van der Waals surface area contributed by atoms with E-state index in [2.05, 4.69) is 0 Å². The van der Waals surface area contributed by atoms with Gasteiger partial charge in [-0.25, -0.2) is 4.79 Å². The number of carbonyl (C=O) groups is 2. The summed E-state index contributed by atoms with van der Waals surface area (Å²) in [7, 11) is 0. The summed E-state index contributed by atoms with van der Waals surface area (Å²) in [6, 6.07) is 0. The summed E-state index contributed by atoms with van der Waals surface area (Å²) in [4.78, 5) is 18.9. The maximum Gasteiger partial charge on any atom is 1.00 e. The molecule has 0 unspecified atom stereocenters. The van der Waals surface area contributed by atoms with E-state index >= 15 is 0 Å². The summed E-state index contributed by atoms with van der Waals surface area (Å²) >= 11 is 0. The molecule has 0 aromatic heterocycles. The fraction of sp³-hybridized carbons (Fsp3) is 0.333. The number of hydrogen-bond donors (Lipinski definition) is 1. The van der Waals surface area contributed by atoms with E-state index in [0.717, 1.165) is 6.92 Å². The predicted octanol–water partition coefficient (Wildman–Crippen LogP) is -6.33. The summed E-state index contributed by atoms with van der Waals surface area (Å²) < 4.78 is 0. The van der Waals surface area contributed by atoms with Gasteiger partial charge in [-0.1, -0.05) is 0 Å². The second-order valence-corrected chi connectivity index (χ2v) is 0.861. The molecule has 0 saturated carbocycles. The van der Waals surface area contributed by atoms with Crippen LogP contribution in [0.25, 0.3) is 0 Å². The van der Waals surface area contributed by atoms with Crippen molar-refractivity contribution in [1.29, 1.82) is 0 Å². The van der Waals surface area contributed by atoms with Gasteiger partial charge in [0.15, 0.2) is 0 Å². The van der Waals surface area contributed by atoms with Gasteiger partial charge < -0.3 is 17.5 Å². The molecule has 0 rings (SSSR count). The number of carboxylic acid groups (broad SMARTS) is 1. The van der Waals surface area contributed by atoms with Gasteiger partial charge in [0.25, 0.3) is 0 Å². The molecule has 0 aliphatic carbocycles. The molecule has 8 heavy (non-hydrogen) atoms. The molecular formula is C3H4ClNaO3. The predicted molar refractivity (Wildman–Crippen MR) is 18.3 cm³/mol. The molecule has 0 aromatic rings. The molecule has 0 aromatic carbocycles. The topological polar surface area (TPSA) is 54.4 Å². The van der Waals surface area contributed by atoms with E-state index in [9.17, 15) is 9.59 Å². The zero-order valence-electron chi connectivity index (χ0n) is 4.64. The zero-order valence-corrected chi connectivity index (χ0v) is 7.40. The minimum absolute atomic E-state index is 0. The zero-order chi connectivity index (χ0) is 5.15. The Balaban J connectivity index is -0.000000125. The number of aliphatic carboxylic acids is 1. The van der Waals surface area contributed by atoms with Crippen LogP contribution in [0.1, 0.15) is 6.92 Å². The average molecular weight is 147 g/mol. The largest absolute Gasteiger partial charge is 1.00 e. The van der Waals surface area contributed by atoms with Gasteiger partial charge >= 0.3 is 35.5 Å². The molecule has 0 saturated heterocycles. The fourth-order valence-electron chi connectivity index (χ4n) is 0. The molecule has 0 fully saturated rings. The van der Waals surface area contributed by atoms with Crippen molar-refractivity contribution in [2.75, 3.05) is 0 Å². The molecule has 3 nitrogen and oxygen atoms in total. The number of carboxylic acids is 1. The Morgan fingerprint density at radius 3 is 1.50 bits per heavy atom. The Morgan fingerprint density at radius 2 is 1.50 bits per heavy atom. The molecule has 0 aliphatic heterocycles. The summed E-state index contributed by atoms with van der Waals surface area (Å²) in [5, 5.41) is 7.64. The molecule has 0 aliphatic rings. The molecule has 0 amide bonds. The molecule has 0 atom stereocenters. The Hall–Kier alpha value is 0.430. The van der Waals surface area contributed by atoms with Crippen LogP contribution in [-0.4, -0.2) is 16.9 Å². The Kier molecular flexibility index (Phi) is 14.7. The molecule has 0 spiro atoms. The summed E-state index contributed by atoms with van der Waals surface area (Å²) in [6.45, 7) is 1.00. The van der Waals surface area contributed by atoms with E-state index in [1.165, 1.54) is 0 Å². The first-order chi connectivity index (χ1) is 2.64. The van der Waals surface area contributed by atoms with Crippen molar-refractivity contribution in [3.05, 3.63) is 0 Å². The van der Waals surface area contributed by atoms with Gasteiger partial charge in [0.1, 0.15) is 0 Å². The van der Waals surface area contributed by atoms with Crippen molar-refractivity contribution in [2.45, 2.75) is 6.92 Å². The van der Waals surface area contributed by atoms with Gasteiger partial charge in [-0.15, -0.1) is 0 Å². The third-order valence-electron chi connectivity index (χ3n) is 0.301. The van der Waals surface area contributed by atoms with Crippen LogP contribution in [0.3, 0.4) is 0 Å². The van der Waals surface area contributed by atoms with E-state index < -0.39 is 11.8 Å². The second-order valence-electron chi connectivity index (χ2n) is 0.861. The normalized spacial score (nSPS) is 5.62. The fourth-order valence-corrected chi connectivity index (χ4v) is 0. The number of halogens is 1. The Labute approximate surface area is 75.2 Å². The van der Waals surface area contributed by atoms with Gasteiger partial charge in [-0.05, 0) is 0 Å². The van der Waals surface area contributed by atoms with Crippen LogP contribution in [0, 0.1) is 0 Å². The van der Waals surface area contributed by atoms with Crippen LogP contribution in [0.2, 0.25) is 0 Å². The molecule has 0 radical (unpaired) electrons. The van der Waals surface area contributed by atoms with Crippen molar-refractivity contribution in [2.24, 2.45) is 0 Å². The number of hydrogen-bond acceptors (Lipinski definition) is 2.